The predicted molar refractivity (Wildman–Crippen MR) is 59.3 cm³/mol. The molecule has 0 aliphatic rings. The fourth-order valence-electron chi connectivity index (χ4n) is 1.13. The average Bonchev–Trinajstić information content (AvgIpc) is 2.59. The number of nitriles is 1. The molecule has 0 N–H and O–H groups in total. The molecule has 0 spiro atoms. The summed E-state index contributed by atoms with van der Waals surface area (Å²) in [7, 11) is 0. The highest BCUT2D eigenvalue weighted by atomic mass is 35.6. The van der Waals surface area contributed by atoms with Crippen LogP contribution in [-0.2, 0) is 6.54 Å². The van der Waals surface area contributed by atoms with Crippen LogP contribution in [-0.4, -0.2) is 14.1 Å². The summed E-state index contributed by atoms with van der Waals surface area (Å²) in [6.07, 6.45) is 1.97. The largest absolute Gasteiger partial charge is 0.344 e. The lowest BCUT2D eigenvalue weighted by Gasteiger charge is -2.11. The van der Waals surface area contributed by atoms with Gasteiger partial charge in [-0.3, -0.25) is 4.79 Å². The fourth-order valence-corrected chi connectivity index (χ4v) is 1.42. The van der Waals surface area contributed by atoms with Crippen molar-refractivity contribution in [3.05, 3.63) is 24.0 Å². The zero-order valence-corrected chi connectivity index (χ0v) is 9.85. The molecule has 6 heteroatoms. The molecule has 0 radical (unpaired) electrons. The third-order valence-electron chi connectivity index (χ3n) is 1.78. The maximum Gasteiger partial charge on any atom is 0.255 e. The first-order valence-electron chi connectivity index (χ1n) is 4.10. The number of carbonyl (C=O) groups is 1. The van der Waals surface area contributed by atoms with Crippen LogP contribution in [0.4, 0.5) is 0 Å². The van der Waals surface area contributed by atoms with Crippen LogP contribution in [0.15, 0.2) is 18.3 Å². The number of hydrogen-bond donors (Lipinski definition) is 0. The molecule has 0 saturated heterocycles. The quantitative estimate of drug-likeness (QED) is 0.623. The number of halogens is 3. The summed E-state index contributed by atoms with van der Waals surface area (Å²) in [6.45, 7) is 0.408. The third kappa shape index (κ3) is 3.13. The van der Waals surface area contributed by atoms with Gasteiger partial charge in [-0.15, -0.1) is 0 Å². The number of aryl methyl sites for hydroxylation is 1. The van der Waals surface area contributed by atoms with Gasteiger partial charge < -0.3 is 4.57 Å². The lowest BCUT2D eigenvalue weighted by atomic mass is 10.3. The van der Waals surface area contributed by atoms with E-state index in [9.17, 15) is 4.79 Å². The van der Waals surface area contributed by atoms with Gasteiger partial charge in [0.05, 0.1) is 18.2 Å². The van der Waals surface area contributed by atoms with Crippen molar-refractivity contribution < 1.29 is 4.79 Å². The summed E-state index contributed by atoms with van der Waals surface area (Å²) < 4.78 is -0.365. The highest BCUT2D eigenvalue weighted by Crippen LogP contribution is 2.30. The van der Waals surface area contributed by atoms with Crippen LogP contribution < -0.4 is 0 Å². The van der Waals surface area contributed by atoms with Crippen molar-refractivity contribution in [3.8, 4) is 6.07 Å². The maximum atomic E-state index is 11.6. The molecule has 0 atom stereocenters. The summed E-state index contributed by atoms with van der Waals surface area (Å²) in [5, 5.41) is 8.43. The molecule has 80 valence electrons. The molecule has 0 amide bonds. The van der Waals surface area contributed by atoms with Gasteiger partial charge in [-0.25, -0.2) is 0 Å². The first kappa shape index (κ1) is 12.4. The second-order valence-electron chi connectivity index (χ2n) is 2.82. The molecular formula is C9H7Cl3N2O. The summed E-state index contributed by atoms with van der Waals surface area (Å²) in [4.78, 5) is 11.6. The Morgan fingerprint density at radius 3 is 2.73 bits per heavy atom. The molecular weight excluding hydrogens is 258 g/mol. The number of rotatable bonds is 3. The molecule has 0 aromatic carbocycles. The first-order chi connectivity index (χ1) is 6.96. The first-order valence-corrected chi connectivity index (χ1v) is 5.24. The van der Waals surface area contributed by atoms with E-state index in [0.717, 1.165) is 0 Å². The van der Waals surface area contributed by atoms with E-state index in [2.05, 4.69) is 0 Å². The smallest absolute Gasteiger partial charge is 0.255 e. The van der Waals surface area contributed by atoms with Gasteiger partial charge in [0, 0.05) is 12.7 Å². The second-order valence-corrected chi connectivity index (χ2v) is 5.10. The van der Waals surface area contributed by atoms with E-state index in [-0.39, 0.29) is 0 Å². The zero-order valence-electron chi connectivity index (χ0n) is 7.58. The Kier molecular flexibility index (Phi) is 4.04. The monoisotopic (exact) mass is 264 g/mol. The molecule has 0 saturated carbocycles. The Morgan fingerprint density at radius 2 is 2.20 bits per heavy atom. The Hall–Kier alpha value is -0.690. The van der Waals surface area contributed by atoms with Gasteiger partial charge in [0.1, 0.15) is 0 Å². The van der Waals surface area contributed by atoms with Crippen molar-refractivity contribution >= 4 is 40.6 Å². The summed E-state index contributed by atoms with van der Waals surface area (Å²) in [6, 6.07) is 5.20. The minimum atomic E-state index is -1.96. The number of ketones is 1. The Labute approximate surface area is 102 Å². The molecule has 1 heterocycles. The standard InChI is InChI=1S/C9H7Cl3N2O/c10-9(11,12)8(15)7-3-1-5-14(7)6-2-4-13/h1,3,5H,2,6H2. The average molecular weight is 266 g/mol. The Morgan fingerprint density at radius 1 is 1.53 bits per heavy atom. The van der Waals surface area contributed by atoms with Crippen molar-refractivity contribution in [2.75, 3.05) is 0 Å². The van der Waals surface area contributed by atoms with E-state index in [0.29, 0.717) is 18.7 Å². The summed E-state index contributed by atoms with van der Waals surface area (Å²) >= 11 is 16.5. The summed E-state index contributed by atoms with van der Waals surface area (Å²) in [5.41, 5.74) is 0.297. The molecule has 0 fully saturated rings. The minimum Gasteiger partial charge on any atom is -0.344 e. The van der Waals surface area contributed by atoms with Crippen LogP contribution in [0.25, 0.3) is 0 Å². The molecule has 1 aromatic rings. The van der Waals surface area contributed by atoms with E-state index < -0.39 is 9.58 Å². The van der Waals surface area contributed by atoms with E-state index in [1.54, 1.807) is 22.9 Å². The van der Waals surface area contributed by atoms with E-state index >= 15 is 0 Å². The highest BCUT2D eigenvalue weighted by Gasteiger charge is 2.33. The van der Waals surface area contributed by atoms with Gasteiger partial charge in [0.25, 0.3) is 3.79 Å². The molecule has 3 nitrogen and oxygen atoms in total. The molecule has 0 unspecified atom stereocenters. The van der Waals surface area contributed by atoms with Crippen molar-refractivity contribution in [2.24, 2.45) is 0 Å². The minimum absolute atomic E-state index is 0.297. The molecule has 1 rings (SSSR count). The van der Waals surface area contributed by atoms with Crippen molar-refractivity contribution in [1.29, 1.82) is 5.26 Å². The number of hydrogen-bond acceptors (Lipinski definition) is 2. The number of Topliss-reactive ketones (excluding diaryl/α,β-unsaturated/α-hetero) is 1. The third-order valence-corrected chi connectivity index (χ3v) is 2.30. The molecule has 15 heavy (non-hydrogen) atoms. The van der Waals surface area contributed by atoms with Crippen molar-refractivity contribution in [2.45, 2.75) is 16.8 Å². The SMILES string of the molecule is N#CCCn1cccc1C(=O)C(Cl)(Cl)Cl. The molecule has 0 bridgehead atoms. The van der Waals surface area contributed by atoms with E-state index in [4.69, 9.17) is 40.1 Å². The van der Waals surface area contributed by atoms with Crippen LogP contribution in [0, 0.1) is 11.3 Å². The van der Waals surface area contributed by atoms with Crippen LogP contribution in [0.3, 0.4) is 0 Å². The highest BCUT2D eigenvalue weighted by molar-refractivity contribution is 6.77. The summed E-state index contributed by atoms with van der Waals surface area (Å²) in [5.74, 6) is -0.588. The number of aromatic nitrogens is 1. The topological polar surface area (TPSA) is 45.8 Å². The zero-order chi connectivity index (χ0) is 11.5. The van der Waals surface area contributed by atoms with Gasteiger partial charge in [0.2, 0.25) is 5.78 Å². The van der Waals surface area contributed by atoms with Gasteiger partial charge in [0.15, 0.2) is 0 Å². The fraction of sp³-hybridized carbons (Fsp3) is 0.333. The van der Waals surface area contributed by atoms with Crippen molar-refractivity contribution in [3.63, 3.8) is 0 Å². The van der Waals surface area contributed by atoms with Gasteiger partial charge >= 0.3 is 0 Å². The van der Waals surface area contributed by atoms with E-state index in [1.807, 2.05) is 6.07 Å². The number of nitrogens with zero attached hydrogens (tertiary/aromatic N) is 2. The number of alkyl halides is 3. The van der Waals surface area contributed by atoms with Crippen LogP contribution in [0.1, 0.15) is 16.9 Å². The van der Waals surface area contributed by atoms with Crippen molar-refractivity contribution in [1.82, 2.24) is 4.57 Å². The maximum absolute atomic E-state index is 11.6. The lowest BCUT2D eigenvalue weighted by molar-refractivity contribution is 0.0987. The van der Waals surface area contributed by atoms with Crippen LogP contribution in [0.5, 0.6) is 0 Å². The predicted octanol–water partition coefficient (Wildman–Crippen LogP) is 2.95. The van der Waals surface area contributed by atoms with Gasteiger partial charge in [-0.2, -0.15) is 5.26 Å². The Bertz CT molecular complexity index is 400. The normalized spacial score (nSPS) is 11.1. The van der Waals surface area contributed by atoms with Gasteiger partial charge in [-0.1, -0.05) is 34.8 Å². The molecule has 0 aliphatic carbocycles. The molecule has 1 aromatic heterocycles. The Balaban J connectivity index is 2.91. The van der Waals surface area contributed by atoms with Crippen LogP contribution >= 0.6 is 34.8 Å². The lowest BCUT2D eigenvalue weighted by Crippen LogP contribution is -2.22. The molecule has 0 aliphatic heterocycles. The number of carbonyl (C=O) groups excluding carboxylic acids is 1. The van der Waals surface area contributed by atoms with E-state index in [1.165, 1.54) is 0 Å². The van der Waals surface area contributed by atoms with Gasteiger partial charge in [-0.05, 0) is 12.1 Å². The van der Waals surface area contributed by atoms with Crippen LogP contribution in [0.2, 0.25) is 0 Å². The second kappa shape index (κ2) is 4.89.